The van der Waals surface area contributed by atoms with Gasteiger partial charge in [0.25, 0.3) is 0 Å². The molecule has 0 fully saturated rings. The summed E-state index contributed by atoms with van der Waals surface area (Å²) in [7, 11) is 0. The third-order valence-corrected chi connectivity index (χ3v) is 4.31. The summed E-state index contributed by atoms with van der Waals surface area (Å²) in [5.74, 6) is -12.3. The molecule has 2 rings (SSSR count). The van der Waals surface area contributed by atoms with E-state index in [4.69, 9.17) is 10.00 Å². The zero-order valence-electron chi connectivity index (χ0n) is 15.7. The Bertz CT molecular complexity index is 1140. The van der Waals surface area contributed by atoms with E-state index < -0.39 is 69.3 Å². The lowest BCUT2D eigenvalue weighted by Gasteiger charge is -2.26. The van der Waals surface area contributed by atoms with E-state index in [1.807, 2.05) is 5.32 Å². The van der Waals surface area contributed by atoms with Gasteiger partial charge in [-0.3, -0.25) is 0 Å². The third kappa shape index (κ3) is 4.89. The number of rotatable bonds is 5. The van der Waals surface area contributed by atoms with Gasteiger partial charge in [-0.05, 0) is 25.1 Å². The number of hydrogen-bond acceptors (Lipinski definition) is 4. The molecule has 0 spiro atoms. The van der Waals surface area contributed by atoms with Gasteiger partial charge in [-0.2, -0.15) is 23.7 Å². The van der Waals surface area contributed by atoms with Gasteiger partial charge in [0, 0.05) is 0 Å². The zero-order valence-corrected chi connectivity index (χ0v) is 16.5. The maximum absolute atomic E-state index is 13.9. The molecular formula is C19H9F8N3OS. The van der Waals surface area contributed by atoms with Gasteiger partial charge in [0.15, 0.2) is 28.8 Å². The Kier molecular flexibility index (Phi) is 6.95. The highest BCUT2D eigenvalue weighted by molar-refractivity contribution is 7.80. The second kappa shape index (κ2) is 8.96. The number of benzene rings is 2. The molecule has 1 atom stereocenters. The molecule has 0 aliphatic carbocycles. The number of nitriles is 2. The Hall–Kier alpha value is -3.45. The van der Waals surface area contributed by atoms with Crippen LogP contribution in [0.1, 0.15) is 23.6 Å². The number of alkyl halides is 3. The molecule has 4 nitrogen and oxygen atoms in total. The summed E-state index contributed by atoms with van der Waals surface area (Å²) in [6, 6.07) is 5.36. The van der Waals surface area contributed by atoms with Gasteiger partial charge in [0.2, 0.25) is 5.82 Å². The molecule has 0 saturated heterocycles. The predicted molar refractivity (Wildman–Crippen MR) is 96.7 cm³/mol. The first-order valence-corrected chi connectivity index (χ1v) is 8.66. The molecule has 2 aromatic rings. The van der Waals surface area contributed by atoms with Crippen LogP contribution >= 0.6 is 12.2 Å². The van der Waals surface area contributed by atoms with Crippen LogP contribution < -0.4 is 10.1 Å². The van der Waals surface area contributed by atoms with Gasteiger partial charge < -0.3 is 10.1 Å². The molecule has 0 heterocycles. The molecule has 0 aliphatic heterocycles. The van der Waals surface area contributed by atoms with Gasteiger partial charge in [0.05, 0.1) is 28.8 Å². The third-order valence-electron chi connectivity index (χ3n) is 4.01. The minimum Gasteiger partial charge on any atom is -0.489 e. The fraction of sp³-hybridized carbons (Fsp3) is 0.211. The highest BCUT2D eigenvalue weighted by Crippen LogP contribution is 2.37. The lowest BCUT2D eigenvalue weighted by atomic mass is 10.0. The number of hydrogen-bond donors (Lipinski definition) is 1. The largest absolute Gasteiger partial charge is 0.489 e. The summed E-state index contributed by atoms with van der Waals surface area (Å²) >= 11 is 4.65. The van der Waals surface area contributed by atoms with Gasteiger partial charge in [-0.25, -0.2) is 22.0 Å². The van der Waals surface area contributed by atoms with Crippen molar-refractivity contribution in [2.45, 2.75) is 18.6 Å². The molecule has 1 unspecified atom stereocenters. The normalized spacial score (nSPS) is 13.0. The van der Waals surface area contributed by atoms with E-state index in [1.165, 1.54) is 6.07 Å². The topological polar surface area (TPSA) is 68.8 Å². The number of thiocarbonyl (C=S) groups is 1. The molecule has 2 aromatic carbocycles. The monoisotopic (exact) mass is 479 g/mol. The van der Waals surface area contributed by atoms with Crippen LogP contribution in [0, 0.1) is 51.7 Å². The lowest BCUT2D eigenvalue weighted by Crippen LogP contribution is -2.49. The van der Waals surface area contributed by atoms with Crippen LogP contribution in [0.3, 0.4) is 0 Å². The average molecular weight is 479 g/mol. The number of halogens is 8. The van der Waals surface area contributed by atoms with Crippen molar-refractivity contribution in [3.63, 3.8) is 0 Å². The van der Waals surface area contributed by atoms with E-state index in [2.05, 4.69) is 12.2 Å². The Morgan fingerprint density at radius 2 is 1.53 bits per heavy atom. The fourth-order valence-corrected chi connectivity index (χ4v) is 2.79. The van der Waals surface area contributed by atoms with E-state index in [0.717, 1.165) is 19.1 Å². The van der Waals surface area contributed by atoms with Crippen LogP contribution in [0.15, 0.2) is 18.2 Å². The molecule has 0 amide bonds. The van der Waals surface area contributed by atoms with Crippen LogP contribution in [-0.4, -0.2) is 17.1 Å². The van der Waals surface area contributed by atoms with E-state index in [9.17, 15) is 40.4 Å². The summed E-state index contributed by atoms with van der Waals surface area (Å²) in [6.45, 7) is 0.0732. The number of nitrogens with one attached hydrogen (secondary N) is 1. The average Bonchev–Trinajstić information content (AvgIpc) is 2.74. The molecule has 0 saturated carbocycles. The summed E-state index contributed by atoms with van der Waals surface area (Å²) in [6.07, 6.45) is -4.88. The van der Waals surface area contributed by atoms with Gasteiger partial charge in [-0.1, -0.05) is 12.2 Å². The molecule has 1 N–H and O–H groups in total. The minimum atomic E-state index is -4.88. The van der Waals surface area contributed by atoms with Crippen molar-refractivity contribution in [1.82, 2.24) is 5.32 Å². The van der Waals surface area contributed by atoms with Gasteiger partial charge >= 0.3 is 6.18 Å². The molecule has 32 heavy (non-hydrogen) atoms. The zero-order chi connectivity index (χ0) is 24.4. The Balaban J connectivity index is 2.36. The molecule has 0 radical (unpaired) electrons. The Morgan fingerprint density at radius 3 is 2.00 bits per heavy atom. The Morgan fingerprint density at radius 1 is 1.00 bits per heavy atom. The van der Waals surface area contributed by atoms with Crippen molar-refractivity contribution in [2.75, 3.05) is 6.61 Å². The van der Waals surface area contributed by atoms with Crippen molar-refractivity contribution in [3.8, 4) is 17.9 Å². The smallest absolute Gasteiger partial charge is 0.419 e. The van der Waals surface area contributed by atoms with Crippen LogP contribution in [0.5, 0.6) is 5.75 Å². The van der Waals surface area contributed by atoms with Gasteiger partial charge in [-0.15, -0.1) is 0 Å². The quantitative estimate of drug-likeness (QED) is 0.286. The molecule has 168 valence electrons. The molecular weight excluding hydrogens is 470 g/mol. The van der Waals surface area contributed by atoms with Crippen LogP contribution in [0.4, 0.5) is 35.1 Å². The first kappa shape index (κ1) is 24.8. The minimum absolute atomic E-state index is 0.198. The number of ether oxygens (including phenoxy) is 1. The second-order valence-corrected chi connectivity index (χ2v) is 6.86. The van der Waals surface area contributed by atoms with Crippen molar-refractivity contribution in [1.29, 1.82) is 10.5 Å². The second-order valence-electron chi connectivity index (χ2n) is 6.45. The molecule has 13 heteroatoms. The van der Waals surface area contributed by atoms with E-state index in [0.29, 0.717) is 6.07 Å². The highest BCUT2D eigenvalue weighted by atomic mass is 32.1. The van der Waals surface area contributed by atoms with Crippen LogP contribution in [0.25, 0.3) is 0 Å². The van der Waals surface area contributed by atoms with Crippen LogP contribution in [-0.2, 0) is 6.18 Å². The SMILES string of the molecule is CC(C#N)(COc1cc(C#N)ccc1C(F)(F)F)NC(=S)c1c(F)c(F)c(F)c(F)c1F. The van der Waals surface area contributed by atoms with Crippen molar-refractivity contribution >= 4 is 17.2 Å². The maximum Gasteiger partial charge on any atom is 0.419 e. The summed E-state index contributed by atoms with van der Waals surface area (Å²) < 4.78 is 112. The van der Waals surface area contributed by atoms with Crippen LogP contribution in [0.2, 0.25) is 0 Å². The van der Waals surface area contributed by atoms with Crippen molar-refractivity contribution in [2.24, 2.45) is 0 Å². The predicted octanol–water partition coefficient (Wildman–Crippen LogP) is 4.90. The number of nitrogens with zero attached hydrogens (tertiary/aromatic N) is 2. The van der Waals surface area contributed by atoms with Crippen molar-refractivity contribution in [3.05, 3.63) is 64.0 Å². The summed E-state index contributed by atoms with van der Waals surface area (Å²) in [5, 5.41) is 20.3. The van der Waals surface area contributed by atoms with E-state index in [1.54, 1.807) is 6.07 Å². The first-order valence-electron chi connectivity index (χ1n) is 8.25. The standard InChI is InChI=1S/C19H9F8N3OS/c1-18(6-29,7-31-10-4-8(5-28)2-3-9(10)19(25,26)27)30-17(32)11-12(20)14(22)16(24)15(23)13(11)21/h2-4H,7H2,1H3,(H,30,32). The summed E-state index contributed by atoms with van der Waals surface area (Å²) in [5.41, 5.74) is -5.08. The van der Waals surface area contributed by atoms with E-state index in [-0.39, 0.29) is 5.56 Å². The van der Waals surface area contributed by atoms with Crippen molar-refractivity contribution < 1.29 is 39.9 Å². The maximum atomic E-state index is 13.9. The highest BCUT2D eigenvalue weighted by Gasteiger charge is 2.36. The van der Waals surface area contributed by atoms with E-state index >= 15 is 0 Å². The Labute approximate surface area is 180 Å². The summed E-state index contributed by atoms with van der Waals surface area (Å²) in [4.78, 5) is -1.08. The molecule has 0 aromatic heterocycles. The first-order chi connectivity index (χ1) is 14.8. The van der Waals surface area contributed by atoms with Gasteiger partial charge in [0.1, 0.15) is 17.3 Å². The lowest BCUT2D eigenvalue weighted by molar-refractivity contribution is -0.139. The molecule has 0 aliphatic rings. The fourth-order valence-electron chi connectivity index (χ4n) is 2.38. The molecule has 0 bridgehead atoms.